The van der Waals surface area contributed by atoms with Crippen molar-refractivity contribution in [2.75, 3.05) is 20.1 Å². The Morgan fingerprint density at radius 1 is 1.53 bits per heavy atom. The van der Waals surface area contributed by atoms with Crippen LogP contribution in [0.1, 0.15) is 18.7 Å². The number of hydrogen-bond donors (Lipinski definition) is 1. The molecular formula is C11H19ClN2S. The van der Waals surface area contributed by atoms with E-state index < -0.39 is 0 Å². The van der Waals surface area contributed by atoms with Crippen molar-refractivity contribution in [3.63, 3.8) is 0 Å². The molecule has 4 heteroatoms. The van der Waals surface area contributed by atoms with Crippen molar-refractivity contribution < 1.29 is 0 Å². The van der Waals surface area contributed by atoms with Crippen LogP contribution in [0.4, 0.5) is 0 Å². The number of rotatable bonds is 5. The first-order valence-corrected chi connectivity index (χ1v) is 6.31. The van der Waals surface area contributed by atoms with Gasteiger partial charge in [0, 0.05) is 18.0 Å². The third-order valence-electron chi connectivity index (χ3n) is 2.36. The molecule has 0 aliphatic rings. The van der Waals surface area contributed by atoms with Crippen LogP contribution < -0.4 is 5.73 Å². The van der Waals surface area contributed by atoms with Gasteiger partial charge in [-0.05, 0) is 30.5 Å². The Kier molecular flexibility index (Phi) is 4.59. The van der Waals surface area contributed by atoms with Crippen LogP contribution in [0.2, 0.25) is 5.02 Å². The molecule has 0 radical (unpaired) electrons. The quantitative estimate of drug-likeness (QED) is 0.866. The number of thiophene rings is 1. The van der Waals surface area contributed by atoms with Crippen molar-refractivity contribution in [1.29, 1.82) is 0 Å². The summed E-state index contributed by atoms with van der Waals surface area (Å²) >= 11 is 7.75. The van der Waals surface area contributed by atoms with Crippen LogP contribution in [0.25, 0.3) is 0 Å². The Labute approximate surface area is 101 Å². The van der Waals surface area contributed by atoms with E-state index in [9.17, 15) is 0 Å². The molecule has 86 valence electrons. The predicted octanol–water partition coefficient (Wildman–Crippen LogP) is 2.82. The molecule has 0 amide bonds. The molecule has 1 rings (SSSR count). The lowest BCUT2D eigenvalue weighted by atomic mass is 9.93. The van der Waals surface area contributed by atoms with Crippen LogP contribution in [-0.4, -0.2) is 25.0 Å². The van der Waals surface area contributed by atoms with Crippen molar-refractivity contribution in [3.8, 4) is 0 Å². The maximum atomic E-state index is 6.05. The molecule has 1 aromatic rings. The normalized spacial score (nSPS) is 12.4. The summed E-state index contributed by atoms with van der Waals surface area (Å²) in [6.07, 6.45) is 0. The van der Waals surface area contributed by atoms with Gasteiger partial charge in [0.15, 0.2) is 0 Å². The van der Waals surface area contributed by atoms with Gasteiger partial charge in [-0.2, -0.15) is 0 Å². The molecule has 2 N–H and O–H groups in total. The largest absolute Gasteiger partial charge is 0.330 e. The fourth-order valence-electron chi connectivity index (χ4n) is 1.53. The van der Waals surface area contributed by atoms with Crippen molar-refractivity contribution in [2.45, 2.75) is 20.4 Å². The van der Waals surface area contributed by atoms with Crippen molar-refractivity contribution in [2.24, 2.45) is 11.1 Å². The zero-order valence-electron chi connectivity index (χ0n) is 9.59. The highest BCUT2D eigenvalue weighted by Gasteiger charge is 2.18. The van der Waals surface area contributed by atoms with E-state index in [0.29, 0.717) is 6.54 Å². The van der Waals surface area contributed by atoms with Crippen LogP contribution in [0, 0.1) is 5.41 Å². The molecule has 0 spiro atoms. The van der Waals surface area contributed by atoms with Gasteiger partial charge in [0.2, 0.25) is 0 Å². The van der Waals surface area contributed by atoms with Crippen LogP contribution in [-0.2, 0) is 6.54 Å². The number of halogens is 1. The van der Waals surface area contributed by atoms with Gasteiger partial charge in [-0.15, -0.1) is 11.3 Å². The third-order valence-corrected chi connectivity index (χ3v) is 3.73. The van der Waals surface area contributed by atoms with E-state index in [-0.39, 0.29) is 5.41 Å². The highest BCUT2D eigenvalue weighted by Crippen LogP contribution is 2.24. The van der Waals surface area contributed by atoms with Crippen molar-refractivity contribution in [3.05, 3.63) is 21.3 Å². The monoisotopic (exact) mass is 246 g/mol. The second-order valence-corrected chi connectivity index (χ2v) is 6.14. The average molecular weight is 247 g/mol. The molecular weight excluding hydrogens is 228 g/mol. The third kappa shape index (κ3) is 4.11. The van der Waals surface area contributed by atoms with E-state index >= 15 is 0 Å². The standard InChI is InChI=1S/C11H19ClN2S/c1-11(2,7-13)8-14(3)6-10-9(12)4-5-15-10/h4-5H,6-8,13H2,1-3H3. The lowest BCUT2D eigenvalue weighted by Crippen LogP contribution is -2.36. The van der Waals surface area contributed by atoms with Crippen LogP contribution in [0.15, 0.2) is 11.4 Å². The SMILES string of the molecule is CN(Cc1sccc1Cl)CC(C)(C)CN. The number of nitrogens with zero attached hydrogens (tertiary/aromatic N) is 1. The molecule has 0 atom stereocenters. The van der Waals surface area contributed by atoms with Crippen molar-refractivity contribution in [1.82, 2.24) is 4.90 Å². The van der Waals surface area contributed by atoms with E-state index in [1.807, 2.05) is 11.4 Å². The zero-order chi connectivity index (χ0) is 11.5. The van der Waals surface area contributed by atoms with Gasteiger partial charge in [-0.25, -0.2) is 0 Å². The molecule has 0 aliphatic heterocycles. The molecule has 2 nitrogen and oxygen atoms in total. The average Bonchev–Trinajstić information content (AvgIpc) is 2.51. The topological polar surface area (TPSA) is 29.3 Å². The molecule has 0 saturated heterocycles. The minimum Gasteiger partial charge on any atom is -0.330 e. The minimum atomic E-state index is 0.165. The molecule has 0 fully saturated rings. The molecule has 0 saturated carbocycles. The Hall–Kier alpha value is -0.0900. The molecule has 0 aliphatic carbocycles. The van der Waals surface area contributed by atoms with Gasteiger partial charge in [0.05, 0.1) is 5.02 Å². The number of hydrogen-bond acceptors (Lipinski definition) is 3. The molecule has 0 aromatic carbocycles. The molecule has 1 aromatic heterocycles. The predicted molar refractivity (Wildman–Crippen MR) is 68.5 cm³/mol. The van der Waals surface area contributed by atoms with Gasteiger partial charge in [0.1, 0.15) is 0 Å². The van der Waals surface area contributed by atoms with E-state index in [4.69, 9.17) is 17.3 Å². The first kappa shape index (κ1) is 13.0. The van der Waals surface area contributed by atoms with Crippen LogP contribution in [0.3, 0.4) is 0 Å². The first-order valence-electron chi connectivity index (χ1n) is 5.05. The molecule has 15 heavy (non-hydrogen) atoms. The van der Waals surface area contributed by atoms with Crippen LogP contribution in [0.5, 0.6) is 0 Å². The van der Waals surface area contributed by atoms with E-state index in [0.717, 1.165) is 18.1 Å². The summed E-state index contributed by atoms with van der Waals surface area (Å²) in [5, 5.41) is 2.90. The fraction of sp³-hybridized carbons (Fsp3) is 0.636. The maximum Gasteiger partial charge on any atom is 0.0558 e. The van der Waals surface area contributed by atoms with Gasteiger partial charge in [0.25, 0.3) is 0 Å². The van der Waals surface area contributed by atoms with Gasteiger partial charge >= 0.3 is 0 Å². The fourth-order valence-corrected chi connectivity index (χ4v) is 2.71. The Morgan fingerprint density at radius 3 is 2.67 bits per heavy atom. The smallest absolute Gasteiger partial charge is 0.0558 e. The molecule has 0 bridgehead atoms. The Morgan fingerprint density at radius 2 is 2.20 bits per heavy atom. The highest BCUT2D eigenvalue weighted by atomic mass is 35.5. The van der Waals surface area contributed by atoms with Gasteiger partial charge < -0.3 is 10.6 Å². The van der Waals surface area contributed by atoms with E-state index in [1.54, 1.807) is 11.3 Å². The Bertz CT molecular complexity index is 309. The summed E-state index contributed by atoms with van der Waals surface area (Å²) in [4.78, 5) is 3.50. The summed E-state index contributed by atoms with van der Waals surface area (Å²) in [5.74, 6) is 0. The van der Waals surface area contributed by atoms with Gasteiger partial charge in [-0.3, -0.25) is 0 Å². The lowest BCUT2D eigenvalue weighted by Gasteiger charge is -2.28. The molecule has 1 heterocycles. The zero-order valence-corrected chi connectivity index (χ0v) is 11.2. The molecule has 0 unspecified atom stereocenters. The maximum absolute atomic E-state index is 6.05. The lowest BCUT2D eigenvalue weighted by molar-refractivity contribution is 0.211. The Balaban J connectivity index is 2.50. The number of nitrogens with two attached hydrogens (primary N) is 1. The summed E-state index contributed by atoms with van der Waals surface area (Å²) in [7, 11) is 2.10. The van der Waals surface area contributed by atoms with Crippen molar-refractivity contribution >= 4 is 22.9 Å². The summed E-state index contributed by atoms with van der Waals surface area (Å²) in [6, 6.07) is 1.95. The van der Waals surface area contributed by atoms with E-state index in [1.165, 1.54) is 4.88 Å². The van der Waals surface area contributed by atoms with Crippen LogP contribution >= 0.6 is 22.9 Å². The summed E-state index contributed by atoms with van der Waals surface area (Å²) in [6.45, 7) is 6.95. The first-order chi connectivity index (χ1) is 6.94. The van der Waals surface area contributed by atoms with E-state index in [2.05, 4.69) is 25.8 Å². The second kappa shape index (κ2) is 5.30. The minimum absolute atomic E-state index is 0.165. The summed E-state index contributed by atoms with van der Waals surface area (Å²) < 4.78 is 0. The second-order valence-electron chi connectivity index (χ2n) is 4.73. The highest BCUT2D eigenvalue weighted by molar-refractivity contribution is 7.10. The van der Waals surface area contributed by atoms with Gasteiger partial charge in [-0.1, -0.05) is 25.4 Å². The summed E-state index contributed by atoms with van der Waals surface area (Å²) in [5.41, 5.74) is 5.87.